The molecule has 0 radical (unpaired) electrons. The van der Waals surface area contributed by atoms with Gasteiger partial charge < -0.3 is 0 Å². The van der Waals surface area contributed by atoms with Gasteiger partial charge in [-0.1, -0.05) is 25.1 Å². The molecule has 4 rings (SSSR count). The van der Waals surface area contributed by atoms with Gasteiger partial charge in [0.15, 0.2) is 0 Å². The van der Waals surface area contributed by atoms with Crippen molar-refractivity contribution in [3.63, 3.8) is 0 Å². The molecule has 134 valence electrons. The Kier molecular flexibility index (Phi) is 4.58. The van der Waals surface area contributed by atoms with Crippen LogP contribution in [-0.4, -0.2) is 34.0 Å². The lowest BCUT2D eigenvalue weighted by Gasteiger charge is -2.09. The number of hydrogen-bond donors (Lipinski definition) is 0. The zero-order valence-electron chi connectivity index (χ0n) is 15.2. The van der Waals surface area contributed by atoms with Crippen LogP contribution < -0.4 is 0 Å². The van der Waals surface area contributed by atoms with E-state index in [9.17, 15) is 0 Å². The maximum absolute atomic E-state index is 4.65. The first-order chi connectivity index (χ1) is 12.7. The van der Waals surface area contributed by atoms with E-state index in [1.807, 2.05) is 27.4 Å². The fraction of sp³-hybridized carbons (Fsp3) is 0.389. The van der Waals surface area contributed by atoms with Crippen molar-refractivity contribution in [2.45, 2.75) is 50.9 Å². The van der Waals surface area contributed by atoms with Crippen LogP contribution in [0.1, 0.15) is 42.4 Å². The van der Waals surface area contributed by atoms with Gasteiger partial charge in [-0.25, -0.2) is 19.5 Å². The summed E-state index contributed by atoms with van der Waals surface area (Å²) in [6.07, 6.45) is 9.04. The standard InChI is InChI=1S/C18H21N7S/c1-4-5-7-15-12(2)20-17-22-18(23-25(17)13(15)3)26-11-14-10-24-9-6-8-19-16(24)21-14/h6,8-10H,4-5,7,11H2,1-3H3. The lowest BCUT2D eigenvalue weighted by atomic mass is 10.1. The molecule has 0 bridgehead atoms. The second-order valence-corrected chi connectivity index (χ2v) is 7.26. The van der Waals surface area contributed by atoms with Crippen molar-refractivity contribution in [2.24, 2.45) is 0 Å². The molecule has 8 heteroatoms. The first kappa shape index (κ1) is 17.0. The third-order valence-corrected chi connectivity index (χ3v) is 5.32. The highest BCUT2D eigenvalue weighted by Crippen LogP contribution is 2.22. The maximum atomic E-state index is 4.65. The van der Waals surface area contributed by atoms with Crippen molar-refractivity contribution in [3.8, 4) is 0 Å². The molecule has 0 amide bonds. The Bertz CT molecular complexity index is 1030. The van der Waals surface area contributed by atoms with Crippen molar-refractivity contribution in [1.29, 1.82) is 0 Å². The topological polar surface area (TPSA) is 73.3 Å². The van der Waals surface area contributed by atoms with Crippen LogP contribution in [0.5, 0.6) is 0 Å². The largest absolute Gasteiger partial charge is 0.291 e. The van der Waals surface area contributed by atoms with Crippen LogP contribution in [0.3, 0.4) is 0 Å². The molecule has 0 fully saturated rings. The van der Waals surface area contributed by atoms with E-state index in [-0.39, 0.29) is 0 Å². The van der Waals surface area contributed by atoms with E-state index in [1.54, 1.807) is 18.0 Å². The highest BCUT2D eigenvalue weighted by molar-refractivity contribution is 7.98. The molecular weight excluding hydrogens is 346 g/mol. The number of aryl methyl sites for hydroxylation is 2. The van der Waals surface area contributed by atoms with E-state index in [0.29, 0.717) is 17.3 Å². The Labute approximate surface area is 155 Å². The molecule has 4 heterocycles. The molecule has 4 aromatic heterocycles. The van der Waals surface area contributed by atoms with Crippen molar-refractivity contribution in [2.75, 3.05) is 0 Å². The molecule has 0 saturated carbocycles. The summed E-state index contributed by atoms with van der Waals surface area (Å²) in [6, 6.07) is 1.89. The summed E-state index contributed by atoms with van der Waals surface area (Å²) < 4.78 is 3.79. The first-order valence-electron chi connectivity index (χ1n) is 8.80. The average Bonchev–Trinajstić information content (AvgIpc) is 3.23. The van der Waals surface area contributed by atoms with Crippen LogP contribution >= 0.6 is 11.8 Å². The van der Waals surface area contributed by atoms with E-state index >= 15 is 0 Å². The van der Waals surface area contributed by atoms with Crippen molar-refractivity contribution in [3.05, 3.63) is 47.3 Å². The van der Waals surface area contributed by atoms with Gasteiger partial charge in [-0.2, -0.15) is 4.98 Å². The van der Waals surface area contributed by atoms with Crippen molar-refractivity contribution < 1.29 is 0 Å². The minimum atomic E-state index is 0.666. The van der Waals surface area contributed by atoms with Gasteiger partial charge in [0.25, 0.3) is 5.78 Å². The number of thioether (sulfide) groups is 1. The van der Waals surface area contributed by atoms with E-state index < -0.39 is 0 Å². The molecule has 0 aliphatic carbocycles. The fourth-order valence-corrected chi connectivity index (χ4v) is 3.76. The number of unbranched alkanes of at least 4 members (excludes halogenated alkanes) is 1. The van der Waals surface area contributed by atoms with Crippen molar-refractivity contribution >= 4 is 23.3 Å². The van der Waals surface area contributed by atoms with Gasteiger partial charge in [-0.05, 0) is 38.3 Å². The van der Waals surface area contributed by atoms with E-state index in [0.717, 1.165) is 35.1 Å². The Balaban J connectivity index is 1.57. The molecule has 0 spiro atoms. The number of fused-ring (bicyclic) bond motifs is 2. The fourth-order valence-electron chi connectivity index (χ4n) is 3.05. The number of rotatable bonds is 6. The normalized spacial score (nSPS) is 11.7. The second kappa shape index (κ2) is 7.03. The third-order valence-electron chi connectivity index (χ3n) is 4.44. The molecule has 0 atom stereocenters. The summed E-state index contributed by atoms with van der Waals surface area (Å²) in [4.78, 5) is 18.0. The summed E-state index contributed by atoms with van der Waals surface area (Å²) in [6.45, 7) is 6.36. The third kappa shape index (κ3) is 3.16. The maximum Gasteiger partial charge on any atom is 0.253 e. The Morgan fingerprint density at radius 1 is 1.12 bits per heavy atom. The van der Waals surface area contributed by atoms with Crippen LogP contribution in [0.4, 0.5) is 0 Å². The Hall–Kier alpha value is -2.48. The van der Waals surface area contributed by atoms with Crippen LogP contribution in [-0.2, 0) is 12.2 Å². The van der Waals surface area contributed by atoms with Gasteiger partial charge in [0.1, 0.15) is 0 Å². The minimum Gasteiger partial charge on any atom is -0.291 e. The van der Waals surface area contributed by atoms with Crippen LogP contribution in [0.15, 0.2) is 29.8 Å². The summed E-state index contributed by atoms with van der Waals surface area (Å²) in [5.41, 5.74) is 4.43. The highest BCUT2D eigenvalue weighted by atomic mass is 32.2. The lowest BCUT2D eigenvalue weighted by Crippen LogP contribution is -2.05. The van der Waals surface area contributed by atoms with Gasteiger partial charge in [0, 0.05) is 35.7 Å². The molecule has 7 nitrogen and oxygen atoms in total. The number of hydrogen-bond acceptors (Lipinski definition) is 6. The molecule has 0 aromatic carbocycles. The summed E-state index contributed by atoms with van der Waals surface area (Å²) in [7, 11) is 0. The first-order valence-corrected chi connectivity index (χ1v) is 9.78. The van der Waals surface area contributed by atoms with E-state index in [1.165, 1.54) is 12.0 Å². The minimum absolute atomic E-state index is 0.666. The smallest absolute Gasteiger partial charge is 0.253 e. The monoisotopic (exact) mass is 367 g/mol. The number of imidazole rings is 1. The molecule has 0 aliphatic heterocycles. The van der Waals surface area contributed by atoms with E-state index in [2.05, 4.69) is 45.8 Å². The predicted molar refractivity (Wildman–Crippen MR) is 101 cm³/mol. The molecular formula is C18H21N7S. The molecule has 0 N–H and O–H groups in total. The molecule has 26 heavy (non-hydrogen) atoms. The van der Waals surface area contributed by atoms with Crippen molar-refractivity contribution in [1.82, 2.24) is 34.0 Å². The summed E-state index contributed by atoms with van der Waals surface area (Å²) in [5.74, 6) is 2.07. The lowest BCUT2D eigenvalue weighted by molar-refractivity contribution is 0.753. The van der Waals surface area contributed by atoms with Gasteiger partial charge in [-0.15, -0.1) is 5.10 Å². The zero-order valence-corrected chi connectivity index (χ0v) is 16.0. The quantitative estimate of drug-likeness (QED) is 0.486. The van der Waals surface area contributed by atoms with Crippen LogP contribution in [0.25, 0.3) is 11.6 Å². The highest BCUT2D eigenvalue weighted by Gasteiger charge is 2.14. The summed E-state index contributed by atoms with van der Waals surface area (Å²) >= 11 is 1.57. The second-order valence-electron chi connectivity index (χ2n) is 6.32. The Morgan fingerprint density at radius 2 is 2.00 bits per heavy atom. The average molecular weight is 367 g/mol. The molecule has 4 aromatic rings. The van der Waals surface area contributed by atoms with Gasteiger partial charge in [-0.3, -0.25) is 4.40 Å². The molecule has 0 saturated heterocycles. The number of aromatic nitrogens is 7. The SMILES string of the molecule is CCCCc1c(C)nc2nc(SCc3cn4cccnc4n3)nn2c1C. The van der Waals surface area contributed by atoms with Gasteiger partial charge in [0.05, 0.1) is 5.69 Å². The van der Waals surface area contributed by atoms with E-state index in [4.69, 9.17) is 0 Å². The van der Waals surface area contributed by atoms with Crippen LogP contribution in [0.2, 0.25) is 0 Å². The zero-order chi connectivity index (χ0) is 18.1. The van der Waals surface area contributed by atoms with Gasteiger partial charge in [0.2, 0.25) is 10.9 Å². The molecule has 0 unspecified atom stereocenters. The van der Waals surface area contributed by atoms with Gasteiger partial charge >= 0.3 is 0 Å². The van der Waals surface area contributed by atoms with Crippen LogP contribution in [0, 0.1) is 13.8 Å². The molecule has 0 aliphatic rings. The Morgan fingerprint density at radius 3 is 2.81 bits per heavy atom. The predicted octanol–water partition coefficient (Wildman–Crippen LogP) is 3.42. The number of nitrogens with zero attached hydrogens (tertiary/aromatic N) is 7. The summed E-state index contributed by atoms with van der Waals surface area (Å²) in [5, 5.41) is 5.37.